The lowest BCUT2D eigenvalue weighted by Gasteiger charge is -2.08. The fraction of sp³-hybridized carbons (Fsp3) is 0.167. The van der Waals surface area contributed by atoms with Gasteiger partial charge >= 0.3 is 0 Å². The first-order valence-corrected chi connectivity index (χ1v) is 8.63. The summed E-state index contributed by atoms with van der Waals surface area (Å²) in [7, 11) is -3.55. The fourth-order valence-corrected chi connectivity index (χ4v) is 4.58. The second kappa shape index (κ2) is 5.62. The quantitative estimate of drug-likeness (QED) is 0.823. The van der Waals surface area contributed by atoms with Gasteiger partial charge in [-0.05, 0) is 58.1 Å². The third-order valence-corrected chi connectivity index (χ3v) is 6.04. The van der Waals surface area contributed by atoms with E-state index in [4.69, 9.17) is 5.73 Å². The molecule has 2 aromatic rings. The molecular weight excluding hydrogens is 348 g/mol. The number of aryl methyl sites for hydroxylation is 1. The Morgan fingerprint density at radius 1 is 1.37 bits per heavy atom. The summed E-state index contributed by atoms with van der Waals surface area (Å²) in [6.45, 7) is 2.25. The minimum absolute atomic E-state index is 0.191. The maximum atomic E-state index is 12.2. The van der Waals surface area contributed by atoms with Crippen LogP contribution in [0.25, 0.3) is 0 Å². The van der Waals surface area contributed by atoms with Crippen LogP contribution in [0.2, 0.25) is 0 Å². The molecule has 2 rings (SSSR count). The second-order valence-electron chi connectivity index (χ2n) is 4.04. The largest absolute Gasteiger partial charge is 0.399 e. The maximum absolute atomic E-state index is 12.2. The molecule has 0 spiro atoms. The van der Waals surface area contributed by atoms with Crippen molar-refractivity contribution in [3.05, 3.63) is 44.6 Å². The standard InChI is InChI=1S/C12H13BrN2O2S2/c1-8-4-5-18-11(8)7-15-19(16,17)12-3-2-9(14)6-10(12)13/h2-6,15H,7,14H2,1H3. The summed E-state index contributed by atoms with van der Waals surface area (Å²) in [5.41, 5.74) is 7.20. The molecule has 0 aliphatic heterocycles. The van der Waals surface area contributed by atoms with Gasteiger partial charge in [-0.25, -0.2) is 13.1 Å². The van der Waals surface area contributed by atoms with Gasteiger partial charge in [-0.1, -0.05) is 0 Å². The molecule has 0 aliphatic carbocycles. The number of hydrogen-bond donors (Lipinski definition) is 2. The number of nitrogens with one attached hydrogen (secondary N) is 1. The van der Waals surface area contributed by atoms with Gasteiger partial charge in [-0.15, -0.1) is 11.3 Å². The zero-order valence-electron chi connectivity index (χ0n) is 10.2. The van der Waals surface area contributed by atoms with E-state index in [1.54, 1.807) is 12.1 Å². The van der Waals surface area contributed by atoms with E-state index in [0.29, 0.717) is 16.7 Å². The highest BCUT2D eigenvalue weighted by Crippen LogP contribution is 2.24. The maximum Gasteiger partial charge on any atom is 0.242 e. The molecule has 0 aliphatic rings. The SMILES string of the molecule is Cc1ccsc1CNS(=O)(=O)c1ccc(N)cc1Br. The first-order valence-electron chi connectivity index (χ1n) is 5.48. The molecule has 1 aromatic heterocycles. The molecule has 1 heterocycles. The van der Waals surface area contributed by atoms with E-state index in [2.05, 4.69) is 20.7 Å². The molecule has 1 aromatic carbocycles. The molecule has 0 amide bonds. The van der Waals surface area contributed by atoms with Crippen LogP contribution in [-0.2, 0) is 16.6 Å². The van der Waals surface area contributed by atoms with Gasteiger partial charge in [0, 0.05) is 21.6 Å². The van der Waals surface area contributed by atoms with Crippen LogP contribution < -0.4 is 10.5 Å². The van der Waals surface area contributed by atoms with E-state index in [1.165, 1.54) is 17.4 Å². The van der Waals surface area contributed by atoms with Crippen molar-refractivity contribution in [1.82, 2.24) is 4.72 Å². The lowest BCUT2D eigenvalue weighted by atomic mass is 10.3. The molecule has 0 atom stereocenters. The van der Waals surface area contributed by atoms with Crippen molar-refractivity contribution in [2.24, 2.45) is 0 Å². The molecule has 0 fully saturated rings. The van der Waals surface area contributed by atoms with Gasteiger partial charge in [0.25, 0.3) is 0 Å². The van der Waals surface area contributed by atoms with Gasteiger partial charge < -0.3 is 5.73 Å². The van der Waals surface area contributed by atoms with Crippen LogP contribution in [0.4, 0.5) is 5.69 Å². The van der Waals surface area contributed by atoms with Crippen LogP contribution in [-0.4, -0.2) is 8.42 Å². The average molecular weight is 361 g/mol. The van der Waals surface area contributed by atoms with Crippen molar-refractivity contribution in [1.29, 1.82) is 0 Å². The summed E-state index contributed by atoms with van der Waals surface area (Å²) in [6, 6.07) is 6.59. The first kappa shape index (κ1) is 14.5. The van der Waals surface area contributed by atoms with E-state index in [9.17, 15) is 8.42 Å². The van der Waals surface area contributed by atoms with E-state index in [-0.39, 0.29) is 4.90 Å². The summed E-state index contributed by atoms with van der Waals surface area (Å²) in [5.74, 6) is 0. The van der Waals surface area contributed by atoms with E-state index < -0.39 is 10.0 Å². The predicted molar refractivity (Wildman–Crippen MR) is 81.6 cm³/mol. The van der Waals surface area contributed by atoms with Crippen LogP contribution in [0.15, 0.2) is 39.0 Å². The first-order chi connectivity index (χ1) is 8.90. The van der Waals surface area contributed by atoms with Crippen molar-refractivity contribution in [3.8, 4) is 0 Å². The summed E-state index contributed by atoms with van der Waals surface area (Å²) in [4.78, 5) is 1.20. The van der Waals surface area contributed by atoms with Gasteiger partial charge in [-0.2, -0.15) is 0 Å². The minimum Gasteiger partial charge on any atom is -0.399 e. The van der Waals surface area contributed by atoms with Crippen molar-refractivity contribution in [2.75, 3.05) is 5.73 Å². The molecule has 102 valence electrons. The lowest BCUT2D eigenvalue weighted by molar-refractivity contribution is 0.581. The molecular formula is C12H13BrN2O2S2. The summed E-state index contributed by atoms with van der Waals surface area (Å²) >= 11 is 4.75. The number of nitrogen functional groups attached to an aromatic ring is 1. The molecule has 0 radical (unpaired) electrons. The highest BCUT2D eigenvalue weighted by molar-refractivity contribution is 9.10. The number of hydrogen-bond acceptors (Lipinski definition) is 4. The molecule has 7 heteroatoms. The van der Waals surface area contributed by atoms with Gasteiger partial charge in [0.2, 0.25) is 10.0 Å². The Bertz CT molecular complexity index is 696. The normalized spacial score (nSPS) is 11.7. The van der Waals surface area contributed by atoms with Gasteiger partial charge in [0.1, 0.15) is 0 Å². The Morgan fingerprint density at radius 2 is 2.11 bits per heavy atom. The van der Waals surface area contributed by atoms with Crippen molar-refractivity contribution >= 4 is 43.0 Å². The van der Waals surface area contributed by atoms with Gasteiger partial charge in [-0.3, -0.25) is 0 Å². The molecule has 0 bridgehead atoms. The Morgan fingerprint density at radius 3 is 2.68 bits per heavy atom. The number of thiophene rings is 1. The van der Waals surface area contributed by atoms with Crippen LogP contribution in [0.5, 0.6) is 0 Å². The van der Waals surface area contributed by atoms with Crippen LogP contribution in [0.1, 0.15) is 10.4 Å². The van der Waals surface area contributed by atoms with Crippen LogP contribution >= 0.6 is 27.3 Å². The molecule has 0 unspecified atom stereocenters. The lowest BCUT2D eigenvalue weighted by Crippen LogP contribution is -2.23. The third-order valence-electron chi connectivity index (χ3n) is 2.64. The Kier molecular flexibility index (Phi) is 4.29. The summed E-state index contributed by atoms with van der Waals surface area (Å²) < 4.78 is 27.4. The molecule has 0 saturated carbocycles. The van der Waals surface area contributed by atoms with Crippen molar-refractivity contribution < 1.29 is 8.42 Å². The second-order valence-corrected chi connectivity index (χ2v) is 7.63. The number of anilines is 1. The van der Waals surface area contributed by atoms with Gasteiger partial charge in [0.05, 0.1) is 4.90 Å². The minimum atomic E-state index is -3.55. The number of benzene rings is 1. The smallest absolute Gasteiger partial charge is 0.242 e. The van der Waals surface area contributed by atoms with Crippen molar-refractivity contribution in [2.45, 2.75) is 18.4 Å². The van der Waals surface area contributed by atoms with Gasteiger partial charge in [0.15, 0.2) is 0 Å². The average Bonchev–Trinajstić information content (AvgIpc) is 2.72. The van der Waals surface area contributed by atoms with E-state index in [0.717, 1.165) is 10.4 Å². The molecule has 4 nitrogen and oxygen atoms in total. The highest BCUT2D eigenvalue weighted by atomic mass is 79.9. The van der Waals surface area contributed by atoms with Crippen molar-refractivity contribution in [3.63, 3.8) is 0 Å². The van der Waals surface area contributed by atoms with Crippen LogP contribution in [0.3, 0.4) is 0 Å². The zero-order valence-corrected chi connectivity index (χ0v) is 13.4. The Balaban J connectivity index is 2.21. The molecule has 3 N–H and O–H groups in total. The Hall–Kier alpha value is -0.890. The number of rotatable bonds is 4. The highest BCUT2D eigenvalue weighted by Gasteiger charge is 2.17. The Labute approximate surface area is 124 Å². The topological polar surface area (TPSA) is 72.2 Å². The summed E-state index contributed by atoms with van der Waals surface area (Å²) in [6.07, 6.45) is 0. The molecule has 19 heavy (non-hydrogen) atoms. The predicted octanol–water partition coefficient (Wildman–Crippen LogP) is 2.88. The fourth-order valence-electron chi connectivity index (χ4n) is 1.56. The third kappa shape index (κ3) is 3.36. The monoisotopic (exact) mass is 360 g/mol. The molecule has 0 saturated heterocycles. The number of sulfonamides is 1. The van der Waals surface area contributed by atoms with E-state index in [1.807, 2.05) is 18.4 Å². The summed E-state index contributed by atoms with van der Waals surface area (Å²) in [5, 5.41) is 1.94. The number of halogens is 1. The zero-order chi connectivity index (χ0) is 14.0. The van der Waals surface area contributed by atoms with Crippen LogP contribution in [0, 0.1) is 6.92 Å². The van der Waals surface area contributed by atoms with E-state index >= 15 is 0 Å². The number of nitrogens with two attached hydrogens (primary N) is 1.